The first-order valence-corrected chi connectivity index (χ1v) is 5.81. The molecule has 0 N–H and O–H groups in total. The SMILES string of the molecule is CCC(=O)COc1ccc(OC(F)(F)F)c(Br)c1. The van der Waals surface area contributed by atoms with E-state index >= 15 is 0 Å². The van der Waals surface area contributed by atoms with E-state index in [1.807, 2.05) is 0 Å². The van der Waals surface area contributed by atoms with Crippen LogP contribution in [-0.4, -0.2) is 18.8 Å². The molecule has 0 aromatic heterocycles. The summed E-state index contributed by atoms with van der Waals surface area (Å²) >= 11 is 2.93. The van der Waals surface area contributed by atoms with Crippen LogP contribution in [0.15, 0.2) is 22.7 Å². The van der Waals surface area contributed by atoms with E-state index in [0.717, 1.165) is 6.07 Å². The van der Waals surface area contributed by atoms with E-state index in [-0.39, 0.29) is 28.4 Å². The normalized spacial score (nSPS) is 11.2. The van der Waals surface area contributed by atoms with Crippen LogP contribution in [0.2, 0.25) is 0 Å². The Bertz CT molecular complexity index is 432. The molecule has 0 spiro atoms. The monoisotopic (exact) mass is 326 g/mol. The molecule has 0 aliphatic carbocycles. The Morgan fingerprint density at radius 1 is 1.39 bits per heavy atom. The summed E-state index contributed by atoms with van der Waals surface area (Å²) in [6.07, 6.45) is -4.40. The Balaban J connectivity index is 2.70. The number of hydrogen-bond acceptors (Lipinski definition) is 3. The van der Waals surface area contributed by atoms with Gasteiger partial charge in [0.25, 0.3) is 0 Å². The van der Waals surface area contributed by atoms with E-state index in [0.29, 0.717) is 6.42 Å². The van der Waals surface area contributed by atoms with E-state index in [4.69, 9.17) is 4.74 Å². The van der Waals surface area contributed by atoms with Gasteiger partial charge in [-0.15, -0.1) is 13.2 Å². The number of ketones is 1. The third kappa shape index (κ3) is 4.95. The van der Waals surface area contributed by atoms with Crippen molar-refractivity contribution in [3.63, 3.8) is 0 Å². The van der Waals surface area contributed by atoms with Crippen molar-refractivity contribution in [1.29, 1.82) is 0 Å². The van der Waals surface area contributed by atoms with Crippen LogP contribution in [0.5, 0.6) is 11.5 Å². The predicted octanol–water partition coefficient (Wildman–Crippen LogP) is 3.71. The van der Waals surface area contributed by atoms with Gasteiger partial charge in [-0.1, -0.05) is 6.92 Å². The maximum Gasteiger partial charge on any atom is 0.573 e. The smallest absolute Gasteiger partial charge is 0.486 e. The fourth-order valence-corrected chi connectivity index (χ4v) is 1.48. The second-order valence-corrected chi connectivity index (χ2v) is 4.18. The highest BCUT2D eigenvalue weighted by Gasteiger charge is 2.31. The Morgan fingerprint density at radius 2 is 2.06 bits per heavy atom. The van der Waals surface area contributed by atoms with Crippen LogP contribution in [0, 0.1) is 0 Å². The molecule has 0 amide bonds. The molecule has 0 heterocycles. The average molecular weight is 327 g/mol. The molecule has 0 aliphatic heterocycles. The van der Waals surface area contributed by atoms with Gasteiger partial charge in [0.05, 0.1) is 4.47 Å². The number of alkyl halides is 3. The highest BCUT2D eigenvalue weighted by atomic mass is 79.9. The summed E-state index contributed by atoms with van der Waals surface area (Å²) in [5, 5.41) is 0. The van der Waals surface area contributed by atoms with Crippen molar-refractivity contribution in [3.8, 4) is 11.5 Å². The van der Waals surface area contributed by atoms with Crippen LogP contribution >= 0.6 is 15.9 Å². The lowest BCUT2D eigenvalue weighted by molar-refractivity contribution is -0.274. The molecule has 0 radical (unpaired) electrons. The average Bonchev–Trinajstić information content (AvgIpc) is 2.27. The van der Waals surface area contributed by atoms with Crippen LogP contribution in [0.3, 0.4) is 0 Å². The van der Waals surface area contributed by atoms with Crippen molar-refractivity contribution in [1.82, 2.24) is 0 Å². The van der Waals surface area contributed by atoms with Crippen molar-refractivity contribution in [3.05, 3.63) is 22.7 Å². The zero-order valence-electron chi connectivity index (χ0n) is 9.38. The molecule has 0 atom stereocenters. The molecule has 0 aliphatic rings. The highest BCUT2D eigenvalue weighted by Crippen LogP contribution is 2.33. The van der Waals surface area contributed by atoms with Gasteiger partial charge in [0.2, 0.25) is 0 Å². The topological polar surface area (TPSA) is 35.5 Å². The summed E-state index contributed by atoms with van der Waals surface area (Å²) in [5.74, 6) is -0.170. The molecule has 1 aromatic rings. The minimum Gasteiger partial charge on any atom is -0.486 e. The molecule has 0 unspecified atom stereocenters. The highest BCUT2D eigenvalue weighted by molar-refractivity contribution is 9.10. The largest absolute Gasteiger partial charge is 0.573 e. The van der Waals surface area contributed by atoms with Crippen molar-refractivity contribution in [2.24, 2.45) is 0 Å². The lowest BCUT2D eigenvalue weighted by Crippen LogP contribution is -2.17. The first kappa shape index (κ1) is 14.8. The second kappa shape index (κ2) is 6.08. The molecular formula is C11H10BrF3O3. The van der Waals surface area contributed by atoms with Gasteiger partial charge in [0, 0.05) is 6.42 Å². The van der Waals surface area contributed by atoms with Gasteiger partial charge in [-0.25, -0.2) is 0 Å². The van der Waals surface area contributed by atoms with Crippen molar-refractivity contribution in [2.45, 2.75) is 19.7 Å². The van der Waals surface area contributed by atoms with Crippen LogP contribution < -0.4 is 9.47 Å². The van der Waals surface area contributed by atoms with Gasteiger partial charge in [0.15, 0.2) is 5.78 Å². The molecule has 1 aromatic carbocycles. The fourth-order valence-electron chi connectivity index (χ4n) is 1.04. The third-order valence-corrected chi connectivity index (χ3v) is 2.54. The van der Waals surface area contributed by atoms with Crippen molar-refractivity contribution in [2.75, 3.05) is 6.61 Å². The molecule has 3 nitrogen and oxygen atoms in total. The standard InChI is InChI=1S/C11H10BrF3O3/c1-2-7(16)6-17-8-3-4-10(9(12)5-8)18-11(13,14)15/h3-5H,2,6H2,1H3. The molecule has 18 heavy (non-hydrogen) atoms. The number of benzene rings is 1. The molecule has 0 fully saturated rings. The van der Waals surface area contributed by atoms with Crippen LogP contribution in [0.4, 0.5) is 13.2 Å². The molecule has 0 saturated carbocycles. The van der Waals surface area contributed by atoms with E-state index in [1.54, 1.807) is 6.92 Å². The van der Waals surface area contributed by atoms with Gasteiger partial charge < -0.3 is 9.47 Å². The number of carbonyl (C=O) groups excluding carboxylic acids is 1. The van der Waals surface area contributed by atoms with E-state index in [2.05, 4.69) is 20.7 Å². The molecule has 0 bridgehead atoms. The number of ether oxygens (including phenoxy) is 2. The molecule has 100 valence electrons. The summed E-state index contributed by atoms with van der Waals surface area (Å²) in [4.78, 5) is 11.0. The fraction of sp³-hybridized carbons (Fsp3) is 0.364. The van der Waals surface area contributed by atoms with Gasteiger partial charge in [-0.3, -0.25) is 4.79 Å². The minimum atomic E-state index is -4.75. The summed E-state index contributed by atoms with van der Waals surface area (Å²) in [6, 6.07) is 3.72. The van der Waals surface area contributed by atoms with Crippen molar-refractivity contribution >= 4 is 21.7 Å². The lowest BCUT2D eigenvalue weighted by Gasteiger charge is -2.11. The van der Waals surface area contributed by atoms with Gasteiger partial charge in [-0.2, -0.15) is 0 Å². The first-order chi connectivity index (χ1) is 8.31. The second-order valence-electron chi connectivity index (χ2n) is 3.32. The minimum absolute atomic E-state index is 0.0956. The summed E-state index contributed by atoms with van der Waals surface area (Å²) < 4.78 is 45.0. The van der Waals surface area contributed by atoms with Crippen molar-refractivity contribution < 1.29 is 27.4 Å². The number of rotatable bonds is 5. The third-order valence-electron chi connectivity index (χ3n) is 1.92. The number of Topliss-reactive ketones (excluding diaryl/α,β-unsaturated/α-hetero) is 1. The maximum absolute atomic E-state index is 12.0. The Hall–Kier alpha value is -1.24. The Labute approximate surface area is 110 Å². The van der Waals surface area contributed by atoms with E-state index in [1.165, 1.54) is 12.1 Å². The van der Waals surface area contributed by atoms with E-state index < -0.39 is 6.36 Å². The Morgan fingerprint density at radius 3 is 2.56 bits per heavy atom. The van der Waals surface area contributed by atoms with Crippen LogP contribution in [0.1, 0.15) is 13.3 Å². The molecular weight excluding hydrogens is 317 g/mol. The van der Waals surface area contributed by atoms with Gasteiger partial charge >= 0.3 is 6.36 Å². The van der Waals surface area contributed by atoms with Crippen LogP contribution in [-0.2, 0) is 4.79 Å². The molecule has 1 rings (SSSR count). The molecule has 7 heteroatoms. The lowest BCUT2D eigenvalue weighted by atomic mass is 10.3. The number of carbonyl (C=O) groups is 1. The van der Waals surface area contributed by atoms with Gasteiger partial charge in [-0.05, 0) is 34.1 Å². The number of halogens is 4. The summed E-state index contributed by atoms with van der Waals surface area (Å²) in [7, 11) is 0. The maximum atomic E-state index is 12.0. The molecule has 0 saturated heterocycles. The van der Waals surface area contributed by atoms with Gasteiger partial charge in [0.1, 0.15) is 18.1 Å². The quantitative estimate of drug-likeness (QED) is 0.827. The number of hydrogen-bond donors (Lipinski definition) is 0. The Kier molecular flexibility index (Phi) is 5.01. The van der Waals surface area contributed by atoms with E-state index in [9.17, 15) is 18.0 Å². The summed E-state index contributed by atoms with van der Waals surface area (Å²) in [6.45, 7) is 1.59. The summed E-state index contributed by atoms with van der Waals surface area (Å²) in [5.41, 5.74) is 0. The first-order valence-electron chi connectivity index (χ1n) is 5.01. The predicted molar refractivity (Wildman–Crippen MR) is 61.6 cm³/mol. The zero-order chi connectivity index (χ0) is 13.8. The zero-order valence-corrected chi connectivity index (χ0v) is 11.0. The van der Waals surface area contributed by atoms with Crippen LogP contribution in [0.25, 0.3) is 0 Å².